The highest BCUT2D eigenvalue weighted by molar-refractivity contribution is 5.91. The van der Waals surface area contributed by atoms with Crippen molar-refractivity contribution in [3.8, 4) is 0 Å². The number of carbonyl (C=O) groups is 1. The zero-order valence-electron chi connectivity index (χ0n) is 9.66. The van der Waals surface area contributed by atoms with E-state index in [2.05, 4.69) is 22.5 Å². The SMILES string of the molecule is CNCC(C)CNc1ccnc(C(N)=O)c1. The van der Waals surface area contributed by atoms with Crippen LogP contribution < -0.4 is 16.4 Å². The van der Waals surface area contributed by atoms with Gasteiger partial charge < -0.3 is 16.4 Å². The predicted octanol–water partition coefficient (Wildman–Crippen LogP) is 0.448. The fourth-order valence-electron chi connectivity index (χ4n) is 1.39. The van der Waals surface area contributed by atoms with Gasteiger partial charge in [-0.25, -0.2) is 0 Å². The van der Waals surface area contributed by atoms with Crippen LogP contribution in [0.3, 0.4) is 0 Å². The normalized spacial score (nSPS) is 12.1. The van der Waals surface area contributed by atoms with E-state index in [0.717, 1.165) is 18.8 Å². The second-order valence-electron chi connectivity index (χ2n) is 3.84. The van der Waals surface area contributed by atoms with Crippen molar-refractivity contribution in [2.75, 3.05) is 25.5 Å². The number of hydrogen-bond donors (Lipinski definition) is 3. The zero-order valence-corrected chi connectivity index (χ0v) is 9.66. The molecule has 0 saturated heterocycles. The molecule has 0 spiro atoms. The van der Waals surface area contributed by atoms with E-state index in [9.17, 15) is 4.79 Å². The molecule has 1 aromatic rings. The third kappa shape index (κ3) is 3.86. The molecule has 1 rings (SSSR count). The Morgan fingerprint density at radius 3 is 2.94 bits per heavy atom. The quantitative estimate of drug-likeness (QED) is 0.653. The summed E-state index contributed by atoms with van der Waals surface area (Å²) in [6.07, 6.45) is 1.57. The Bertz CT molecular complexity index is 354. The lowest BCUT2D eigenvalue weighted by Gasteiger charge is -2.13. The number of anilines is 1. The fourth-order valence-corrected chi connectivity index (χ4v) is 1.39. The molecular weight excluding hydrogens is 204 g/mol. The average Bonchev–Trinajstić information content (AvgIpc) is 2.27. The monoisotopic (exact) mass is 222 g/mol. The van der Waals surface area contributed by atoms with Crippen molar-refractivity contribution in [2.24, 2.45) is 11.7 Å². The van der Waals surface area contributed by atoms with E-state index in [-0.39, 0.29) is 5.69 Å². The minimum absolute atomic E-state index is 0.284. The topological polar surface area (TPSA) is 80.0 Å². The van der Waals surface area contributed by atoms with Crippen LogP contribution in [0, 0.1) is 5.92 Å². The number of primary amides is 1. The molecule has 5 heteroatoms. The number of nitrogens with one attached hydrogen (secondary N) is 2. The molecule has 1 heterocycles. The molecule has 0 aromatic carbocycles. The summed E-state index contributed by atoms with van der Waals surface area (Å²) in [4.78, 5) is 14.8. The molecule has 0 aliphatic carbocycles. The van der Waals surface area contributed by atoms with Gasteiger partial charge in [0.05, 0.1) is 0 Å². The van der Waals surface area contributed by atoms with Gasteiger partial charge in [-0.1, -0.05) is 6.92 Å². The molecule has 5 nitrogen and oxygen atoms in total. The number of carbonyl (C=O) groups excluding carboxylic acids is 1. The second kappa shape index (κ2) is 6.07. The number of nitrogens with two attached hydrogens (primary N) is 1. The Kier molecular flexibility index (Phi) is 4.72. The lowest BCUT2D eigenvalue weighted by Crippen LogP contribution is -2.23. The summed E-state index contributed by atoms with van der Waals surface area (Å²) in [7, 11) is 1.92. The first-order chi connectivity index (χ1) is 7.63. The second-order valence-corrected chi connectivity index (χ2v) is 3.84. The number of aromatic nitrogens is 1. The van der Waals surface area contributed by atoms with Crippen LogP contribution >= 0.6 is 0 Å². The summed E-state index contributed by atoms with van der Waals surface area (Å²) in [6.45, 7) is 3.92. The number of rotatable bonds is 6. The minimum Gasteiger partial charge on any atom is -0.385 e. The van der Waals surface area contributed by atoms with Gasteiger partial charge in [0.1, 0.15) is 5.69 Å². The van der Waals surface area contributed by atoms with Gasteiger partial charge in [-0.2, -0.15) is 0 Å². The Balaban J connectivity index is 2.54. The van der Waals surface area contributed by atoms with E-state index in [1.165, 1.54) is 0 Å². The molecule has 88 valence electrons. The number of amides is 1. The van der Waals surface area contributed by atoms with Crippen LogP contribution in [0.25, 0.3) is 0 Å². The van der Waals surface area contributed by atoms with Crippen LogP contribution in [-0.2, 0) is 0 Å². The predicted molar refractivity (Wildman–Crippen MR) is 64.3 cm³/mol. The molecule has 0 saturated carbocycles. The highest BCUT2D eigenvalue weighted by Crippen LogP contribution is 2.08. The maximum Gasteiger partial charge on any atom is 0.267 e. The lowest BCUT2D eigenvalue weighted by molar-refractivity contribution is 0.0995. The molecule has 4 N–H and O–H groups in total. The van der Waals surface area contributed by atoms with E-state index in [4.69, 9.17) is 5.73 Å². The largest absolute Gasteiger partial charge is 0.385 e. The van der Waals surface area contributed by atoms with Crippen molar-refractivity contribution >= 4 is 11.6 Å². The first-order valence-corrected chi connectivity index (χ1v) is 5.27. The van der Waals surface area contributed by atoms with Gasteiger partial charge in [-0.05, 0) is 31.6 Å². The first kappa shape index (κ1) is 12.4. The van der Waals surface area contributed by atoms with Crippen LogP contribution in [-0.4, -0.2) is 31.0 Å². The Morgan fingerprint density at radius 2 is 2.31 bits per heavy atom. The molecule has 0 radical (unpaired) electrons. The van der Waals surface area contributed by atoms with Crippen LogP contribution in [0.2, 0.25) is 0 Å². The first-order valence-electron chi connectivity index (χ1n) is 5.27. The average molecular weight is 222 g/mol. The van der Waals surface area contributed by atoms with E-state index < -0.39 is 5.91 Å². The fraction of sp³-hybridized carbons (Fsp3) is 0.455. The van der Waals surface area contributed by atoms with E-state index in [1.54, 1.807) is 12.3 Å². The van der Waals surface area contributed by atoms with Gasteiger partial charge in [0.2, 0.25) is 0 Å². The third-order valence-corrected chi connectivity index (χ3v) is 2.22. The van der Waals surface area contributed by atoms with Crippen molar-refractivity contribution in [3.05, 3.63) is 24.0 Å². The molecule has 0 aliphatic rings. The minimum atomic E-state index is -0.507. The van der Waals surface area contributed by atoms with E-state index >= 15 is 0 Å². The van der Waals surface area contributed by atoms with Gasteiger partial charge in [-0.15, -0.1) is 0 Å². The van der Waals surface area contributed by atoms with Gasteiger partial charge in [0, 0.05) is 18.4 Å². The van der Waals surface area contributed by atoms with Crippen molar-refractivity contribution < 1.29 is 4.79 Å². The smallest absolute Gasteiger partial charge is 0.267 e. The summed E-state index contributed by atoms with van der Waals surface area (Å²) in [5.41, 5.74) is 6.30. The molecule has 1 amide bonds. The maximum absolute atomic E-state index is 10.9. The summed E-state index contributed by atoms with van der Waals surface area (Å²) >= 11 is 0. The Labute approximate surface area is 95.4 Å². The number of pyridine rings is 1. The Hall–Kier alpha value is -1.62. The van der Waals surface area contributed by atoms with Crippen LogP contribution in [0.1, 0.15) is 17.4 Å². The van der Waals surface area contributed by atoms with Crippen molar-refractivity contribution in [2.45, 2.75) is 6.92 Å². The molecular formula is C11H18N4O. The summed E-state index contributed by atoms with van der Waals surface area (Å²) in [5.74, 6) is 0.00196. The highest BCUT2D eigenvalue weighted by Gasteiger charge is 2.04. The molecule has 1 unspecified atom stereocenters. The van der Waals surface area contributed by atoms with Gasteiger partial charge in [-0.3, -0.25) is 9.78 Å². The third-order valence-electron chi connectivity index (χ3n) is 2.22. The van der Waals surface area contributed by atoms with Crippen LogP contribution in [0.5, 0.6) is 0 Å². The molecule has 16 heavy (non-hydrogen) atoms. The number of nitrogens with zero attached hydrogens (tertiary/aromatic N) is 1. The number of hydrogen-bond acceptors (Lipinski definition) is 4. The van der Waals surface area contributed by atoms with Crippen LogP contribution in [0.4, 0.5) is 5.69 Å². The van der Waals surface area contributed by atoms with Crippen LogP contribution in [0.15, 0.2) is 18.3 Å². The lowest BCUT2D eigenvalue weighted by atomic mass is 10.2. The van der Waals surface area contributed by atoms with E-state index in [1.807, 2.05) is 13.1 Å². The van der Waals surface area contributed by atoms with E-state index in [0.29, 0.717) is 5.92 Å². The van der Waals surface area contributed by atoms with Gasteiger partial charge >= 0.3 is 0 Å². The Morgan fingerprint density at radius 1 is 1.56 bits per heavy atom. The maximum atomic E-state index is 10.9. The van der Waals surface area contributed by atoms with Crippen molar-refractivity contribution in [1.29, 1.82) is 0 Å². The molecule has 1 aromatic heterocycles. The highest BCUT2D eigenvalue weighted by atomic mass is 16.1. The van der Waals surface area contributed by atoms with Crippen molar-refractivity contribution in [3.63, 3.8) is 0 Å². The molecule has 0 fully saturated rings. The molecule has 0 bridgehead atoms. The zero-order chi connectivity index (χ0) is 12.0. The van der Waals surface area contributed by atoms with Crippen molar-refractivity contribution in [1.82, 2.24) is 10.3 Å². The van der Waals surface area contributed by atoms with Gasteiger partial charge in [0.15, 0.2) is 0 Å². The molecule has 0 aliphatic heterocycles. The summed E-state index contributed by atoms with van der Waals surface area (Å²) in [6, 6.07) is 3.48. The standard InChI is InChI=1S/C11H18N4O/c1-8(6-13-2)7-15-9-3-4-14-10(5-9)11(12)16/h3-5,8,13H,6-7H2,1-2H3,(H2,12,16)(H,14,15). The molecule has 1 atom stereocenters. The van der Waals surface area contributed by atoms with Gasteiger partial charge in [0.25, 0.3) is 5.91 Å². The summed E-state index contributed by atoms with van der Waals surface area (Å²) < 4.78 is 0. The summed E-state index contributed by atoms with van der Waals surface area (Å²) in [5, 5.41) is 6.34.